The quantitative estimate of drug-likeness (QED) is 0.682. The Morgan fingerprint density at radius 3 is 2.47 bits per heavy atom. The molecular formula is C11H16N2O2. The molecule has 0 aromatic heterocycles. The standard InChI is InChI=1S/C11H16N2O2/c1-6-3-4-7(2)8(5-6)9(12)10(13)11(14)15/h3-5,9-10H,12-13H2,1-2H3,(H,14,15). The molecule has 1 aromatic rings. The molecule has 4 nitrogen and oxygen atoms in total. The lowest BCUT2D eigenvalue weighted by atomic mass is 9.95. The molecule has 0 aliphatic heterocycles. The summed E-state index contributed by atoms with van der Waals surface area (Å²) in [7, 11) is 0. The summed E-state index contributed by atoms with van der Waals surface area (Å²) in [6.07, 6.45) is 0. The third kappa shape index (κ3) is 2.55. The summed E-state index contributed by atoms with van der Waals surface area (Å²) in [6, 6.07) is 4.02. The van der Waals surface area contributed by atoms with Gasteiger partial charge < -0.3 is 16.6 Å². The summed E-state index contributed by atoms with van der Waals surface area (Å²) in [5.74, 6) is -1.08. The van der Waals surface area contributed by atoms with Crippen molar-refractivity contribution in [1.82, 2.24) is 0 Å². The summed E-state index contributed by atoms with van der Waals surface area (Å²) < 4.78 is 0. The second kappa shape index (κ2) is 4.42. The predicted octanol–water partition coefficient (Wildman–Crippen LogP) is 0.715. The van der Waals surface area contributed by atoms with Crippen LogP contribution in [-0.4, -0.2) is 17.1 Å². The Bertz CT molecular complexity index is 377. The summed E-state index contributed by atoms with van der Waals surface area (Å²) >= 11 is 0. The summed E-state index contributed by atoms with van der Waals surface area (Å²) in [4.78, 5) is 10.7. The molecule has 0 saturated heterocycles. The van der Waals surface area contributed by atoms with E-state index in [1.54, 1.807) is 0 Å². The Balaban J connectivity index is 3.04. The maximum absolute atomic E-state index is 10.7. The first-order valence-electron chi connectivity index (χ1n) is 4.74. The molecule has 2 atom stereocenters. The number of nitrogens with two attached hydrogens (primary N) is 2. The number of carbonyl (C=O) groups is 1. The fourth-order valence-corrected chi connectivity index (χ4v) is 1.47. The van der Waals surface area contributed by atoms with Gasteiger partial charge in [0, 0.05) is 0 Å². The van der Waals surface area contributed by atoms with Gasteiger partial charge in [-0.1, -0.05) is 23.8 Å². The maximum Gasteiger partial charge on any atom is 0.322 e. The number of hydrogen-bond donors (Lipinski definition) is 3. The van der Waals surface area contributed by atoms with E-state index in [9.17, 15) is 4.79 Å². The molecule has 0 heterocycles. The van der Waals surface area contributed by atoms with Crippen molar-refractivity contribution in [1.29, 1.82) is 0 Å². The molecule has 1 aromatic carbocycles. The highest BCUT2D eigenvalue weighted by Gasteiger charge is 2.23. The van der Waals surface area contributed by atoms with Gasteiger partial charge in [0.1, 0.15) is 6.04 Å². The van der Waals surface area contributed by atoms with Gasteiger partial charge in [-0.15, -0.1) is 0 Å². The summed E-state index contributed by atoms with van der Waals surface area (Å²) in [6.45, 7) is 3.82. The third-order valence-electron chi connectivity index (χ3n) is 2.47. The molecule has 2 unspecified atom stereocenters. The maximum atomic E-state index is 10.7. The third-order valence-corrected chi connectivity index (χ3v) is 2.47. The molecular weight excluding hydrogens is 192 g/mol. The minimum atomic E-state index is -1.08. The minimum Gasteiger partial charge on any atom is -0.480 e. The van der Waals surface area contributed by atoms with Crippen LogP contribution in [0.3, 0.4) is 0 Å². The summed E-state index contributed by atoms with van der Waals surface area (Å²) in [5, 5.41) is 8.77. The lowest BCUT2D eigenvalue weighted by Crippen LogP contribution is -2.41. The van der Waals surface area contributed by atoms with Gasteiger partial charge in [0.25, 0.3) is 0 Å². The predicted molar refractivity (Wildman–Crippen MR) is 58.5 cm³/mol. The van der Waals surface area contributed by atoms with E-state index in [1.165, 1.54) is 0 Å². The Labute approximate surface area is 88.9 Å². The van der Waals surface area contributed by atoms with Crippen molar-refractivity contribution in [2.45, 2.75) is 25.9 Å². The molecule has 0 radical (unpaired) electrons. The van der Waals surface area contributed by atoms with Crippen LogP contribution in [0.4, 0.5) is 0 Å². The molecule has 82 valence electrons. The van der Waals surface area contributed by atoms with E-state index in [1.807, 2.05) is 32.0 Å². The molecule has 0 saturated carbocycles. The first kappa shape index (κ1) is 11.7. The Hall–Kier alpha value is -1.39. The van der Waals surface area contributed by atoms with Crippen molar-refractivity contribution in [3.05, 3.63) is 34.9 Å². The van der Waals surface area contributed by atoms with Crippen LogP contribution in [-0.2, 0) is 4.79 Å². The van der Waals surface area contributed by atoms with Crippen molar-refractivity contribution in [2.75, 3.05) is 0 Å². The first-order chi connectivity index (χ1) is 6.93. The topological polar surface area (TPSA) is 89.3 Å². The number of aliphatic carboxylic acids is 1. The van der Waals surface area contributed by atoms with E-state index in [0.717, 1.165) is 16.7 Å². The second-order valence-electron chi connectivity index (χ2n) is 3.75. The highest BCUT2D eigenvalue weighted by molar-refractivity contribution is 5.74. The van der Waals surface area contributed by atoms with Crippen LogP contribution in [0.15, 0.2) is 18.2 Å². The number of aryl methyl sites for hydroxylation is 2. The van der Waals surface area contributed by atoms with Crippen molar-refractivity contribution >= 4 is 5.97 Å². The molecule has 1 rings (SSSR count). The van der Waals surface area contributed by atoms with Crippen molar-refractivity contribution < 1.29 is 9.90 Å². The van der Waals surface area contributed by atoms with Crippen LogP contribution in [0.2, 0.25) is 0 Å². The van der Waals surface area contributed by atoms with Gasteiger partial charge in [0.05, 0.1) is 6.04 Å². The van der Waals surface area contributed by atoms with Gasteiger partial charge in [-0.2, -0.15) is 0 Å². The number of hydrogen-bond acceptors (Lipinski definition) is 3. The van der Waals surface area contributed by atoms with E-state index in [0.29, 0.717) is 0 Å². The van der Waals surface area contributed by atoms with Crippen LogP contribution in [0.1, 0.15) is 22.7 Å². The second-order valence-corrected chi connectivity index (χ2v) is 3.75. The Kier molecular flexibility index (Phi) is 3.44. The van der Waals surface area contributed by atoms with E-state index in [4.69, 9.17) is 16.6 Å². The normalized spacial score (nSPS) is 14.7. The SMILES string of the molecule is Cc1ccc(C)c(C(N)C(N)C(=O)O)c1. The van der Waals surface area contributed by atoms with Crippen molar-refractivity contribution in [3.8, 4) is 0 Å². The molecule has 4 heteroatoms. The smallest absolute Gasteiger partial charge is 0.322 e. The average Bonchev–Trinajstić information content (AvgIpc) is 2.19. The zero-order valence-electron chi connectivity index (χ0n) is 8.90. The number of benzene rings is 1. The van der Waals surface area contributed by atoms with Gasteiger partial charge >= 0.3 is 5.97 Å². The largest absolute Gasteiger partial charge is 0.480 e. The molecule has 0 spiro atoms. The van der Waals surface area contributed by atoms with E-state index < -0.39 is 18.1 Å². The molecule has 0 aliphatic carbocycles. The highest BCUT2D eigenvalue weighted by Crippen LogP contribution is 2.19. The zero-order chi connectivity index (χ0) is 11.6. The minimum absolute atomic E-state index is 0.664. The van der Waals surface area contributed by atoms with E-state index in [-0.39, 0.29) is 0 Å². The lowest BCUT2D eigenvalue weighted by Gasteiger charge is -2.18. The molecule has 5 N–H and O–H groups in total. The van der Waals surface area contributed by atoms with Gasteiger partial charge in [-0.25, -0.2) is 0 Å². The number of carboxylic acids is 1. The number of rotatable bonds is 3. The fourth-order valence-electron chi connectivity index (χ4n) is 1.47. The first-order valence-corrected chi connectivity index (χ1v) is 4.74. The molecule has 0 amide bonds. The zero-order valence-corrected chi connectivity index (χ0v) is 8.90. The van der Waals surface area contributed by atoms with Gasteiger partial charge in [-0.3, -0.25) is 4.79 Å². The van der Waals surface area contributed by atoms with Crippen LogP contribution in [0, 0.1) is 13.8 Å². The summed E-state index contributed by atoms with van der Waals surface area (Å²) in [5.41, 5.74) is 14.1. The number of carboxylic acid groups (broad SMARTS) is 1. The molecule has 0 aliphatic rings. The van der Waals surface area contributed by atoms with Gasteiger partial charge in [0.2, 0.25) is 0 Å². The molecule has 15 heavy (non-hydrogen) atoms. The molecule has 0 fully saturated rings. The van der Waals surface area contributed by atoms with Crippen LogP contribution >= 0.6 is 0 Å². The molecule has 0 bridgehead atoms. The van der Waals surface area contributed by atoms with Gasteiger partial charge in [0.15, 0.2) is 0 Å². The van der Waals surface area contributed by atoms with Crippen LogP contribution in [0.5, 0.6) is 0 Å². The monoisotopic (exact) mass is 208 g/mol. The van der Waals surface area contributed by atoms with E-state index in [2.05, 4.69) is 0 Å². The van der Waals surface area contributed by atoms with Crippen LogP contribution in [0.25, 0.3) is 0 Å². The van der Waals surface area contributed by atoms with Crippen LogP contribution < -0.4 is 11.5 Å². The Morgan fingerprint density at radius 2 is 1.93 bits per heavy atom. The van der Waals surface area contributed by atoms with Crippen molar-refractivity contribution in [3.63, 3.8) is 0 Å². The fraction of sp³-hybridized carbons (Fsp3) is 0.364. The lowest BCUT2D eigenvalue weighted by molar-refractivity contribution is -0.139. The Morgan fingerprint density at radius 1 is 1.33 bits per heavy atom. The van der Waals surface area contributed by atoms with Gasteiger partial charge in [-0.05, 0) is 25.0 Å². The van der Waals surface area contributed by atoms with Crippen molar-refractivity contribution in [2.24, 2.45) is 11.5 Å². The average molecular weight is 208 g/mol. The highest BCUT2D eigenvalue weighted by atomic mass is 16.4. The van der Waals surface area contributed by atoms with E-state index >= 15 is 0 Å².